The van der Waals surface area contributed by atoms with Crippen LogP contribution in [0.3, 0.4) is 0 Å². The second-order valence-corrected chi connectivity index (χ2v) is 8.31. The molecule has 0 N–H and O–H groups in total. The Morgan fingerprint density at radius 2 is 1.00 bits per heavy atom. The molecule has 0 heterocycles. The topological polar surface area (TPSA) is 105 Å². The summed E-state index contributed by atoms with van der Waals surface area (Å²) in [6, 6.07) is 14.5. The third kappa shape index (κ3) is 3.63. The highest BCUT2D eigenvalue weighted by Gasteiger charge is 2.30. The smallest absolute Gasteiger partial charge is 0.308 e. The summed E-state index contributed by atoms with van der Waals surface area (Å²) in [6.45, 7) is 4.93. The Balaban J connectivity index is 2.17. The highest BCUT2D eigenvalue weighted by molar-refractivity contribution is 6.35. The van der Waals surface area contributed by atoms with Crippen LogP contribution in [0.15, 0.2) is 48.5 Å². The quantitative estimate of drug-likeness (QED) is 0.144. The molecule has 0 saturated heterocycles. The second kappa shape index (κ2) is 8.49. The van der Waals surface area contributed by atoms with Crippen LogP contribution in [-0.4, -0.2) is 23.9 Å². The van der Waals surface area contributed by atoms with E-state index in [9.17, 15) is 19.2 Å². The Bertz CT molecular complexity index is 1750. The molecule has 0 radical (unpaired) electrons. The van der Waals surface area contributed by atoms with Crippen molar-refractivity contribution in [2.24, 2.45) is 0 Å². The molecule has 0 saturated carbocycles. The van der Waals surface area contributed by atoms with E-state index in [1.165, 1.54) is 27.7 Å². The van der Waals surface area contributed by atoms with Crippen LogP contribution in [0.5, 0.6) is 23.0 Å². The number of fused-ring (bicyclic) bond motifs is 2. The van der Waals surface area contributed by atoms with Crippen molar-refractivity contribution < 1.29 is 38.1 Å². The molecule has 36 heavy (non-hydrogen) atoms. The number of benzene rings is 5. The molecular formula is C28H20O8. The predicted molar refractivity (Wildman–Crippen MR) is 133 cm³/mol. The fourth-order valence-corrected chi connectivity index (χ4v) is 4.69. The van der Waals surface area contributed by atoms with Gasteiger partial charge in [-0.15, -0.1) is 0 Å². The number of hydrogen-bond acceptors (Lipinski definition) is 8. The van der Waals surface area contributed by atoms with Crippen molar-refractivity contribution in [2.45, 2.75) is 27.7 Å². The van der Waals surface area contributed by atoms with Gasteiger partial charge in [0.25, 0.3) is 0 Å². The first-order chi connectivity index (χ1) is 17.2. The molecule has 0 aliphatic rings. The Morgan fingerprint density at radius 3 is 1.61 bits per heavy atom. The van der Waals surface area contributed by atoms with Gasteiger partial charge in [-0.25, -0.2) is 0 Å². The van der Waals surface area contributed by atoms with Gasteiger partial charge >= 0.3 is 23.9 Å². The molecule has 0 aromatic heterocycles. The van der Waals surface area contributed by atoms with Crippen molar-refractivity contribution in [1.29, 1.82) is 0 Å². The normalized spacial score (nSPS) is 11.2. The van der Waals surface area contributed by atoms with Crippen molar-refractivity contribution in [3.05, 3.63) is 48.5 Å². The van der Waals surface area contributed by atoms with Crippen LogP contribution in [0, 0.1) is 0 Å². The molecular weight excluding hydrogens is 464 g/mol. The Labute approximate surface area is 204 Å². The molecule has 0 atom stereocenters. The summed E-state index contributed by atoms with van der Waals surface area (Å²) in [5, 5.41) is 4.64. The van der Waals surface area contributed by atoms with Gasteiger partial charge in [-0.3, -0.25) is 19.2 Å². The lowest BCUT2D eigenvalue weighted by Gasteiger charge is -2.22. The Morgan fingerprint density at radius 1 is 0.472 bits per heavy atom. The van der Waals surface area contributed by atoms with Gasteiger partial charge in [0.15, 0.2) is 11.5 Å². The van der Waals surface area contributed by atoms with Crippen molar-refractivity contribution in [2.75, 3.05) is 0 Å². The molecule has 0 spiro atoms. The lowest BCUT2D eigenvalue weighted by molar-refractivity contribution is -0.134. The number of rotatable bonds is 4. The van der Waals surface area contributed by atoms with E-state index in [0.717, 1.165) is 16.2 Å². The van der Waals surface area contributed by atoms with Crippen molar-refractivity contribution in [1.82, 2.24) is 0 Å². The molecule has 180 valence electrons. The average molecular weight is 484 g/mol. The van der Waals surface area contributed by atoms with E-state index in [-0.39, 0.29) is 33.8 Å². The van der Waals surface area contributed by atoms with Crippen LogP contribution in [0.4, 0.5) is 0 Å². The first kappa shape index (κ1) is 23.0. The first-order valence-corrected chi connectivity index (χ1v) is 11.1. The third-order valence-corrected chi connectivity index (χ3v) is 5.74. The van der Waals surface area contributed by atoms with E-state index >= 15 is 0 Å². The molecule has 0 unspecified atom stereocenters. The number of ether oxygens (including phenoxy) is 4. The van der Waals surface area contributed by atoms with Crippen LogP contribution in [0.1, 0.15) is 27.7 Å². The zero-order chi connectivity index (χ0) is 25.7. The minimum atomic E-state index is -0.690. The van der Waals surface area contributed by atoms with Gasteiger partial charge in [0, 0.05) is 43.9 Å². The van der Waals surface area contributed by atoms with Gasteiger partial charge in [-0.05, 0) is 22.2 Å². The molecule has 0 bridgehead atoms. The molecule has 8 heteroatoms. The average Bonchev–Trinajstić information content (AvgIpc) is 2.80. The molecule has 5 aromatic carbocycles. The fourth-order valence-electron chi connectivity index (χ4n) is 4.69. The van der Waals surface area contributed by atoms with Crippen LogP contribution in [-0.2, 0) is 19.2 Å². The minimum Gasteiger partial charge on any atom is -0.426 e. The summed E-state index contributed by atoms with van der Waals surface area (Å²) in [5.74, 6) is -2.51. The molecule has 0 aliphatic heterocycles. The largest absolute Gasteiger partial charge is 0.426 e. The number of carbonyl (C=O) groups is 4. The summed E-state index contributed by atoms with van der Waals surface area (Å²) < 4.78 is 22.4. The summed E-state index contributed by atoms with van der Waals surface area (Å²) in [7, 11) is 0. The van der Waals surface area contributed by atoms with Crippen molar-refractivity contribution >= 4 is 67.0 Å². The SMILES string of the molecule is CC(=O)Oc1ccc2ccc3c4ccccc4c(OC(C)=O)c4c(OC(C)=O)c(OC(C)=O)c1c2c43. The van der Waals surface area contributed by atoms with Gasteiger partial charge in [0.1, 0.15) is 11.5 Å². The standard InChI is InChI=1S/C28H20O8/c1-13(29)33-21-12-10-17-9-11-19-18-7-5-6-8-20(18)26(34-14(2)30)25-23(19)22(17)24(21)27(35-15(3)31)28(25)36-16(4)32/h5-12H,1-4H3. The zero-order valence-electron chi connectivity index (χ0n) is 19.9. The maximum atomic E-state index is 12.3. The summed E-state index contributed by atoms with van der Waals surface area (Å²) in [4.78, 5) is 48.7. The highest BCUT2D eigenvalue weighted by Crippen LogP contribution is 2.55. The van der Waals surface area contributed by atoms with E-state index in [4.69, 9.17) is 18.9 Å². The predicted octanol–water partition coefficient (Wildman–Crippen LogP) is 5.44. The van der Waals surface area contributed by atoms with Crippen LogP contribution in [0.2, 0.25) is 0 Å². The molecule has 0 fully saturated rings. The van der Waals surface area contributed by atoms with Crippen molar-refractivity contribution in [3.63, 3.8) is 0 Å². The lowest BCUT2D eigenvalue weighted by atomic mass is 9.88. The van der Waals surface area contributed by atoms with Crippen LogP contribution in [0.25, 0.3) is 43.1 Å². The molecule has 5 aromatic rings. The second-order valence-electron chi connectivity index (χ2n) is 8.31. The van der Waals surface area contributed by atoms with Crippen LogP contribution < -0.4 is 18.9 Å². The monoisotopic (exact) mass is 484 g/mol. The third-order valence-electron chi connectivity index (χ3n) is 5.74. The van der Waals surface area contributed by atoms with Crippen molar-refractivity contribution in [3.8, 4) is 23.0 Å². The zero-order valence-corrected chi connectivity index (χ0v) is 19.9. The van der Waals surface area contributed by atoms with Gasteiger partial charge in [0.05, 0.1) is 10.8 Å². The first-order valence-electron chi connectivity index (χ1n) is 11.1. The Hall–Kier alpha value is -4.72. The van der Waals surface area contributed by atoms with E-state index in [0.29, 0.717) is 16.2 Å². The summed E-state index contributed by atoms with van der Waals surface area (Å²) in [5.41, 5.74) is 0. The highest BCUT2D eigenvalue weighted by atomic mass is 16.6. The minimum absolute atomic E-state index is 0.121. The fraction of sp³-hybridized carbons (Fsp3) is 0.143. The number of carbonyl (C=O) groups excluding carboxylic acids is 4. The van der Waals surface area contributed by atoms with E-state index in [2.05, 4.69) is 0 Å². The van der Waals surface area contributed by atoms with Gasteiger partial charge < -0.3 is 18.9 Å². The van der Waals surface area contributed by atoms with E-state index in [1.807, 2.05) is 24.3 Å². The molecule has 0 amide bonds. The Kier molecular flexibility index (Phi) is 5.44. The summed E-state index contributed by atoms with van der Waals surface area (Å²) >= 11 is 0. The van der Waals surface area contributed by atoms with Gasteiger partial charge in [-0.2, -0.15) is 0 Å². The van der Waals surface area contributed by atoms with E-state index < -0.39 is 23.9 Å². The van der Waals surface area contributed by atoms with E-state index in [1.54, 1.807) is 24.3 Å². The molecule has 5 rings (SSSR count). The maximum absolute atomic E-state index is 12.3. The van der Waals surface area contributed by atoms with Crippen LogP contribution >= 0.6 is 0 Å². The maximum Gasteiger partial charge on any atom is 0.308 e. The number of esters is 4. The van der Waals surface area contributed by atoms with Gasteiger partial charge in [-0.1, -0.05) is 42.5 Å². The lowest BCUT2D eigenvalue weighted by Crippen LogP contribution is -2.11. The molecule has 8 nitrogen and oxygen atoms in total. The summed E-state index contributed by atoms with van der Waals surface area (Å²) in [6.07, 6.45) is 0. The van der Waals surface area contributed by atoms with Gasteiger partial charge in [0.2, 0.25) is 0 Å². The number of hydrogen-bond donors (Lipinski definition) is 0. The molecule has 0 aliphatic carbocycles.